The summed E-state index contributed by atoms with van der Waals surface area (Å²) in [6.45, 7) is 2.05. The predicted octanol–water partition coefficient (Wildman–Crippen LogP) is 2.38. The van der Waals surface area contributed by atoms with Crippen LogP contribution in [0.25, 0.3) is 0 Å². The number of nitrogens with two attached hydrogens (primary N) is 2. The monoisotopic (exact) mass is 294 g/mol. The summed E-state index contributed by atoms with van der Waals surface area (Å²) >= 11 is 7.79. The van der Waals surface area contributed by atoms with E-state index in [1.54, 1.807) is 11.3 Å². The molecule has 0 fully saturated rings. The van der Waals surface area contributed by atoms with Crippen LogP contribution in [0.5, 0.6) is 0 Å². The van der Waals surface area contributed by atoms with Crippen LogP contribution in [0.4, 0.5) is 0 Å². The predicted molar refractivity (Wildman–Crippen MR) is 81.4 cm³/mol. The molecule has 0 aliphatic carbocycles. The minimum Gasteiger partial charge on any atom is -0.321 e. The van der Waals surface area contributed by atoms with E-state index in [-0.39, 0.29) is 0 Å². The number of nitrogens with one attached hydrogen (secondary N) is 1. The highest BCUT2D eigenvalue weighted by Crippen LogP contribution is 2.25. The fourth-order valence-corrected chi connectivity index (χ4v) is 2.97. The molecule has 2 aromatic rings. The highest BCUT2D eigenvalue weighted by atomic mass is 35.5. The summed E-state index contributed by atoms with van der Waals surface area (Å²) in [4.78, 5) is 2.09. The van der Waals surface area contributed by atoms with Gasteiger partial charge in [-0.1, -0.05) is 29.3 Å². The number of benzene rings is 1. The zero-order valence-corrected chi connectivity index (χ0v) is 12.1. The van der Waals surface area contributed by atoms with Gasteiger partial charge in [0.2, 0.25) is 0 Å². The Morgan fingerprint density at radius 2 is 2.16 bits per heavy atom. The average molecular weight is 295 g/mol. The molecule has 0 saturated carbocycles. The molecule has 0 aliphatic rings. The summed E-state index contributed by atoms with van der Waals surface area (Å²) in [5, 5.41) is 4.38. The number of aryl methyl sites for hydroxylation is 1. The van der Waals surface area contributed by atoms with Gasteiger partial charge in [0.25, 0.3) is 0 Å². The molecular weight excluding hydrogens is 280 g/mol. The smallest absolute Gasteiger partial charge is 0.176 e. The third kappa shape index (κ3) is 3.26. The lowest BCUT2D eigenvalue weighted by Crippen LogP contribution is -2.31. The molecule has 100 valence electrons. The van der Waals surface area contributed by atoms with E-state index >= 15 is 0 Å². The second-order valence-electron chi connectivity index (χ2n) is 4.16. The van der Waals surface area contributed by atoms with E-state index in [2.05, 4.69) is 23.5 Å². The van der Waals surface area contributed by atoms with Crippen LogP contribution in [-0.2, 0) is 6.42 Å². The molecule has 0 amide bonds. The first-order valence-corrected chi connectivity index (χ1v) is 6.92. The lowest BCUT2D eigenvalue weighted by atomic mass is 10.1. The van der Waals surface area contributed by atoms with Crippen LogP contribution in [0.2, 0.25) is 5.02 Å². The maximum Gasteiger partial charge on any atom is 0.176 e. The van der Waals surface area contributed by atoms with E-state index < -0.39 is 0 Å². The molecule has 0 aliphatic heterocycles. The summed E-state index contributed by atoms with van der Waals surface area (Å²) < 4.78 is 0. The molecule has 0 unspecified atom stereocenters. The van der Waals surface area contributed by atoms with Crippen molar-refractivity contribution in [3.05, 3.63) is 56.2 Å². The van der Waals surface area contributed by atoms with Crippen LogP contribution in [0, 0.1) is 6.92 Å². The van der Waals surface area contributed by atoms with Gasteiger partial charge in [0.05, 0.1) is 4.88 Å². The fraction of sp³-hybridized carbons (Fsp3) is 0.154. The molecular formula is C13H15ClN4S. The number of rotatable bonds is 3. The minimum absolute atomic E-state index is 0.478. The van der Waals surface area contributed by atoms with Crippen LogP contribution >= 0.6 is 22.9 Å². The maximum atomic E-state index is 6.20. The summed E-state index contributed by atoms with van der Waals surface area (Å²) in [6, 6.07) is 10.00. The summed E-state index contributed by atoms with van der Waals surface area (Å²) in [7, 11) is 0. The van der Waals surface area contributed by atoms with Gasteiger partial charge in [0.15, 0.2) is 5.84 Å². The summed E-state index contributed by atoms with van der Waals surface area (Å²) in [5.41, 5.74) is 4.79. The largest absolute Gasteiger partial charge is 0.321 e. The maximum absolute atomic E-state index is 6.20. The molecule has 0 spiro atoms. The lowest BCUT2D eigenvalue weighted by Gasteiger charge is -2.04. The molecule has 1 aromatic heterocycles. The number of hydrazine groups is 1. The van der Waals surface area contributed by atoms with Crippen molar-refractivity contribution in [3.8, 4) is 0 Å². The van der Waals surface area contributed by atoms with E-state index in [4.69, 9.17) is 23.3 Å². The van der Waals surface area contributed by atoms with Crippen molar-refractivity contribution < 1.29 is 0 Å². The first kappa shape index (κ1) is 13.9. The number of halogens is 1. The Morgan fingerprint density at radius 1 is 1.37 bits per heavy atom. The molecule has 1 aromatic carbocycles. The molecule has 5 N–H and O–H groups in total. The van der Waals surface area contributed by atoms with Gasteiger partial charge in [0, 0.05) is 16.3 Å². The van der Waals surface area contributed by atoms with E-state index in [0.717, 1.165) is 21.9 Å². The van der Waals surface area contributed by atoms with Crippen molar-refractivity contribution in [2.45, 2.75) is 13.3 Å². The number of hydrogen-bond acceptors (Lipinski definition) is 4. The number of amidine groups is 1. The van der Waals surface area contributed by atoms with Crippen LogP contribution in [0.3, 0.4) is 0 Å². The summed E-state index contributed by atoms with van der Waals surface area (Å²) in [6.07, 6.45) is 0.785. The molecule has 0 radical (unpaired) electrons. The Bertz CT molecular complexity index is 606. The molecule has 4 nitrogen and oxygen atoms in total. The Labute approximate surface area is 121 Å². The molecule has 1 heterocycles. The van der Waals surface area contributed by atoms with Crippen LogP contribution in [0.1, 0.15) is 20.9 Å². The van der Waals surface area contributed by atoms with Crippen molar-refractivity contribution in [1.82, 2.24) is 5.43 Å². The van der Waals surface area contributed by atoms with E-state index in [1.807, 2.05) is 24.3 Å². The van der Waals surface area contributed by atoms with Crippen molar-refractivity contribution in [3.63, 3.8) is 0 Å². The average Bonchev–Trinajstić information content (AvgIpc) is 2.84. The first-order chi connectivity index (χ1) is 9.13. The Kier molecular flexibility index (Phi) is 4.42. The molecule has 2 rings (SSSR count). The quantitative estimate of drug-likeness (QED) is 0.352. The van der Waals surface area contributed by atoms with Gasteiger partial charge >= 0.3 is 0 Å². The standard InChI is InChI=1S/C13H15ClN4S/c1-8-2-4-11(14)9(6-8)7-10-3-5-12(19-10)13(17-15)18-16/h2-6H,7,15-16H2,1H3,(H,17,18). The van der Waals surface area contributed by atoms with Gasteiger partial charge in [-0.05, 0) is 30.7 Å². The topological polar surface area (TPSA) is 76.4 Å². The van der Waals surface area contributed by atoms with Gasteiger partial charge in [-0.3, -0.25) is 0 Å². The van der Waals surface area contributed by atoms with Gasteiger partial charge in [-0.15, -0.1) is 11.3 Å². The highest BCUT2D eigenvalue weighted by molar-refractivity contribution is 7.14. The molecule has 0 atom stereocenters. The Hall–Kier alpha value is -1.56. The second-order valence-corrected chi connectivity index (χ2v) is 5.74. The van der Waals surface area contributed by atoms with Crippen molar-refractivity contribution in [1.29, 1.82) is 0 Å². The molecule has 6 heteroatoms. The van der Waals surface area contributed by atoms with Crippen molar-refractivity contribution in [2.75, 3.05) is 0 Å². The number of thiophene rings is 1. The molecule has 0 bridgehead atoms. The van der Waals surface area contributed by atoms with E-state index in [9.17, 15) is 0 Å². The number of hydrogen-bond donors (Lipinski definition) is 3. The van der Waals surface area contributed by atoms with Crippen LogP contribution in [0.15, 0.2) is 35.4 Å². The third-order valence-corrected chi connectivity index (χ3v) is 4.19. The van der Waals surface area contributed by atoms with E-state index in [1.165, 1.54) is 10.4 Å². The molecule has 19 heavy (non-hydrogen) atoms. The lowest BCUT2D eigenvalue weighted by molar-refractivity contribution is 1.01. The number of hydrazone groups is 1. The van der Waals surface area contributed by atoms with Crippen LogP contribution in [-0.4, -0.2) is 5.84 Å². The van der Waals surface area contributed by atoms with E-state index in [0.29, 0.717) is 5.84 Å². The minimum atomic E-state index is 0.478. The Balaban J connectivity index is 2.22. The highest BCUT2D eigenvalue weighted by Gasteiger charge is 2.08. The zero-order chi connectivity index (χ0) is 13.8. The first-order valence-electron chi connectivity index (χ1n) is 5.72. The van der Waals surface area contributed by atoms with Crippen molar-refractivity contribution in [2.24, 2.45) is 16.8 Å². The summed E-state index contributed by atoms with van der Waals surface area (Å²) in [5.74, 6) is 11.1. The normalized spacial score (nSPS) is 11.6. The van der Waals surface area contributed by atoms with Gasteiger partial charge < -0.3 is 11.3 Å². The second kappa shape index (κ2) is 6.06. The van der Waals surface area contributed by atoms with Crippen molar-refractivity contribution >= 4 is 28.8 Å². The van der Waals surface area contributed by atoms with Gasteiger partial charge in [-0.2, -0.15) is 5.10 Å². The molecule has 0 saturated heterocycles. The Morgan fingerprint density at radius 3 is 2.84 bits per heavy atom. The fourth-order valence-electron chi connectivity index (χ4n) is 1.80. The third-order valence-electron chi connectivity index (χ3n) is 2.73. The zero-order valence-electron chi connectivity index (χ0n) is 10.5. The van der Waals surface area contributed by atoms with Gasteiger partial charge in [0.1, 0.15) is 0 Å². The number of nitrogens with zero attached hydrogens (tertiary/aromatic N) is 1. The van der Waals surface area contributed by atoms with Crippen LogP contribution < -0.4 is 17.1 Å². The van der Waals surface area contributed by atoms with Gasteiger partial charge in [-0.25, -0.2) is 5.84 Å². The SMILES string of the molecule is Cc1ccc(Cl)c(Cc2ccc(/C(=N/N)NN)s2)c1.